The number of rotatable bonds is 5. The van der Waals surface area contributed by atoms with Crippen LogP contribution in [0.15, 0.2) is 12.3 Å². The largest absolute Gasteiger partial charge is 0.356 e. The first-order valence-corrected chi connectivity index (χ1v) is 7.91. The molecule has 1 saturated heterocycles. The van der Waals surface area contributed by atoms with Crippen molar-refractivity contribution in [3.05, 3.63) is 23.4 Å². The molecule has 1 aliphatic heterocycles. The van der Waals surface area contributed by atoms with E-state index in [-0.39, 0.29) is 0 Å². The summed E-state index contributed by atoms with van der Waals surface area (Å²) in [6.07, 6.45) is 3.33. The van der Waals surface area contributed by atoms with Crippen molar-refractivity contribution in [2.75, 3.05) is 18.0 Å². The highest BCUT2D eigenvalue weighted by atomic mass is 15.2. The third-order valence-corrected chi connectivity index (χ3v) is 4.29. The monoisotopic (exact) mass is 275 g/mol. The van der Waals surface area contributed by atoms with Crippen molar-refractivity contribution in [1.82, 2.24) is 10.3 Å². The Morgan fingerprint density at radius 1 is 1.35 bits per heavy atom. The number of hydrogen-bond acceptors (Lipinski definition) is 3. The maximum absolute atomic E-state index is 4.72. The summed E-state index contributed by atoms with van der Waals surface area (Å²) in [4.78, 5) is 7.18. The number of aryl methyl sites for hydroxylation is 1. The maximum Gasteiger partial charge on any atom is 0.131 e. The third-order valence-electron chi connectivity index (χ3n) is 4.29. The quantitative estimate of drug-likeness (QED) is 0.893. The van der Waals surface area contributed by atoms with E-state index in [0.29, 0.717) is 6.04 Å². The van der Waals surface area contributed by atoms with Crippen LogP contribution >= 0.6 is 0 Å². The van der Waals surface area contributed by atoms with Gasteiger partial charge in [0, 0.05) is 31.9 Å². The molecule has 0 saturated carbocycles. The summed E-state index contributed by atoms with van der Waals surface area (Å²) in [5.41, 5.74) is 2.58. The molecule has 0 bridgehead atoms. The Labute approximate surface area is 123 Å². The molecule has 1 aliphatic rings. The topological polar surface area (TPSA) is 28.2 Å². The number of nitrogens with zero attached hydrogens (tertiary/aromatic N) is 2. The van der Waals surface area contributed by atoms with Gasteiger partial charge < -0.3 is 10.2 Å². The molecule has 1 N–H and O–H groups in total. The Morgan fingerprint density at radius 2 is 2.10 bits per heavy atom. The fourth-order valence-corrected chi connectivity index (χ4v) is 2.90. The van der Waals surface area contributed by atoms with Gasteiger partial charge in [0.25, 0.3) is 0 Å². The number of pyridine rings is 1. The molecule has 2 rings (SSSR count). The Hall–Kier alpha value is -1.09. The minimum atomic E-state index is 0.514. The molecule has 0 aromatic carbocycles. The van der Waals surface area contributed by atoms with Crippen LogP contribution in [0.1, 0.15) is 45.2 Å². The van der Waals surface area contributed by atoms with Gasteiger partial charge in [0.1, 0.15) is 5.82 Å². The molecule has 1 atom stereocenters. The van der Waals surface area contributed by atoms with Crippen molar-refractivity contribution in [2.24, 2.45) is 11.8 Å². The number of nitrogens with one attached hydrogen (secondary N) is 1. The molecule has 1 unspecified atom stereocenters. The van der Waals surface area contributed by atoms with Crippen LogP contribution < -0.4 is 10.2 Å². The van der Waals surface area contributed by atoms with Gasteiger partial charge in [0.15, 0.2) is 0 Å². The molecule has 3 heteroatoms. The lowest BCUT2D eigenvalue weighted by molar-refractivity contribution is 0.422. The fraction of sp³-hybridized carbons (Fsp3) is 0.706. The zero-order valence-corrected chi connectivity index (χ0v) is 13.6. The number of anilines is 1. The first-order valence-electron chi connectivity index (χ1n) is 7.91. The summed E-state index contributed by atoms with van der Waals surface area (Å²) < 4.78 is 0. The van der Waals surface area contributed by atoms with Gasteiger partial charge in [0.05, 0.1) is 0 Å². The van der Waals surface area contributed by atoms with E-state index in [1.165, 1.54) is 23.4 Å². The second kappa shape index (κ2) is 6.57. The predicted octanol–water partition coefficient (Wildman–Crippen LogP) is 3.37. The SMILES string of the molecule is Cc1cc(CNC(C)C)cnc1N1CCC(C(C)C)C1. The molecular formula is C17H29N3. The van der Waals surface area contributed by atoms with Gasteiger partial charge in [-0.25, -0.2) is 4.98 Å². The Morgan fingerprint density at radius 3 is 2.65 bits per heavy atom. The van der Waals surface area contributed by atoms with Crippen LogP contribution in [-0.4, -0.2) is 24.1 Å². The minimum absolute atomic E-state index is 0.514. The van der Waals surface area contributed by atoms with Crippen LogP contribution in [0.5, 0.6) is 0 Å². The fourth-order valence-electron chi connectivity index (χ4n) is 2.90. The molecule has 2 heterocycles. The zero-order chi connectivity index (χ0) is 14.7. The number of hydrogen-bond donors (Lipinski definition) is 1. The first kappa shape index (κ1) is 15.3. The molecule has 0 spiro atoms. The lowest BCUT2D eigenvalue weighted by atomic mass is 9.95. The van der Waals surface area contributed by atoms with Crippen LogP contribution in [0.3, 0.4) is 0 Å². The highest BCUT2D eigenvalue weighted by Crippen LogP contribution is 2.29. The van der Waals surface area contributed by atoms with Gasteiger partial charge in [-0.05, 0) is 42.4 Å². The highest BCUT2D eigenvalue weighted by molar-refractivity contribution is 5.48. The van der Waals surface area contributed by atoms with Crippen LogP contribution in [0.25, 0.3) is 0 Å². The van der Waals surface area contributed by atoms with Gasteiger partial charge in [0.2, 0.25) is 0 Å². The van der Waals surface area contributed by atoms with Crippen LogP contribution in [0, 0.1) is 18.8 Å². The second-order valence-electron chi connectivity index (χ2n) is 6.76. The lowest BCUT2D eigenvalue weighted by Crippen LogP contribution is -2.24. The highest BCUT2D eigenvalue weighted by Gasteiger charge is 2.26. The third kappa shape index (κ3) is 3.72. The summed E-state index contributed by atoms with van der Waals surface area (Å²) in [5.74, 6) is 2.77. The lowest BCUT2D eigenvalue weighted by Gasteiger charge is -2.21. The minimum Gasteiger partial charge on any atom is -0.356 e. The molecule has 1 fully saturated rings. The van der Waals surface area contributed by atoms with E-state index >= 15 is 0 Å². The standard InChI is InChI=1S/C17H29N3/c1-12(2)16-6-7-20(11-16)17-14(5)8-15(10-19-17)9-18-13(3)4/h8,10,12-13,16,18H,6-7,9,11H2,1-5H3. The van der Waals surface area contributed by atoms with Gasteiger partial charge in [-0.15, -0.1) is 0 Å². The summed E-state index contributed by atoms with van der Waals surface area (Å²) in [5, 5.41) is 3.45. The molecule has 112 valence electrons. The molecule has 3 nitrogen and oxygen atoms in total. The summed E-state index contributed by atoms with van der Waals surface area (Å²) >= 11 is 0. The van der Waals surface area contributed by atoms with Crippen molar-refractivity contribution in [3.8, 4) is 0 Å². The predicted molar refractivity (Wildman–Crippen MR) is 86.1 cm³/mol. The van der Waals surface area contributed by atoms with E-state index in [1.54, 1.807) is 0 Å². The van der Waals surface area contributed by atoms with Crippen LogP contribution in [0.2, 0.25) is 0 Å². The van der Waals surface area contributed by atoms with Gasteiger partial charge in [-0.2, -0.15) is 0 Å². The zero-order valence-electron chi connectivity index (χ0n) is 13.6. The molecule has 0 radical (unpaired) electrons. The van der Waals surface area contributed by atoms with E-state index in [4.69, 9.17) is 4.98 Å². The van der Waals surface area contributed by atoms with Crippen LogP contribution in [-0.2, 0) is 6.54 Å². The van der Waals surface area contributed by atoms with E-state index in [0.717, 1.165) is 31.5 Å². The Kier molecular flexibility index (Phi) is 5.03. The number of aromatic nitrogens is 1. The van der Waals surface area contributed by atoms with E-state index in [2.05, 4.69) is 50.9 Å². The van der Waals surface area contributed by atoms with Gasteiger partial charge in [-0.3, -0.25) is 0 Å². The van der Waals surface area contributed by atoms with Crippen molar-refractivity contribution in [3.63, 3.8) is 0 Å². The van der Waals surface area contributed by atoms with Crippen LogP contribution in [0.4, 0.5) is 5.82 Å². The van der Waals surface area contributed by atoms with Crippen molar-refractivity contribution in [1.29, 1.82) is 0 Å². The first-order chi connectivity index (χ1) is 9.47. The molecular weight excluding hydrogens is 246 g/mol. The molecule has 1 aromatic rings. The smallest absolute Gasteiger partial charge is 0.131 e. The maximum atomic E-state index is 4.72. The molecule has 0 aliphatic carbocycles. The van der Waals surface area contributed by atoms with Crippen molar-refractivity contribution >= 4 is 5.82 Å². The molecule has 20 heavy (non-hydrogen) atoms. The van der Waals surface area contributed by atoms with Gasteiger partial charge in [-0.1, -0.05) is 27.7 Å². The summed E-state index contributed by atoms with van der Waals surface area (Å²) in [6.45, 7) is 14.4. The summed E-state index contributed by atoms with van der Waals surface area (Å²) in [6, 6.07) is 2.79. The second-order valence-corrected chi connectivity index (χ2v) is 6.76. The van der Waals surface area contributed by atoms with Crippen molar-refractivity contribution in [2.45, 2.75) is 53.6 Å². The van der Waals surface area contributed by atoms with Gasteiger partial charge >= 0.3 is 0 Å². The van der Waals surface area contributed by atoms with E-state index in [9.17, 15) is 0 Å². The molecule has 0 amide bonds. The van der Waals surface area contributed by atoms with E-state index < -0.39 is 0 Å². The Balaban J connectivity index is 2.03. The van der Waals surface area contributed by atoms with E-state index in [1.807, 2.05) is 6.20 Å². The van der Waals surface area contributed by atoms with Crippen molar-refractivity contribution < 1.29 is 0 Å². The Bertz CT molecular complexity index is 440. The molecule has 1 aromatic heterocycles. The summed E-state index contributed by atoms with van der Waals surface area (Å²) in [7, 11) is 0. The normalized spacial score (nSPS) is 19.4. The average molecular weight is 275 g/mol. The average Bonchev–Trinajstić information content (AvgIpc) is 2.86.